The first kappa shape index (κ1) is 10.6. The molecule has 0 spiro atoms. The maximum Gasteiger partial charge on any atom is 0.0745 e. The average molecular weight is 198 g/mol. The molecule has 1 unspecified atom stereocenters. The van der Waals surface area contributed by atoms with E-state index in [0.29, 0.717) is 6.61 Å². The number of hydrogen-bond donors (Lipinski definition) is 1. The molecule has 0 saturated heterocycles. The zero-order valence-corrected chi connectivity index (χ0v) is 5.92. The second-order valence-electron chi connectivity index (χ2n) is 1.30. The normalized spacial score (nSPS) is 12.4. The van der Waals surface area contributed by atoms with E-state index >= 15 is 0 Å². The first-order valence-corrected chi connectivity index (χ1v) is 1.94. The molecule has 0 aliphatic carbocycles. The van der Waals surface area contributed by atoms with Crippen LogP contribution in [0.4, 0.5) is 0 Å². The van der Waals surface area contributed by atoms with Crippen molar-refractivity contribution in [3.63, 3.8) is 0 Å². The zero-order valence-electron chi connectivity index (χ0n) is 4.44. The van der Waals surface area contributed by atoms with Gasteiger partial charge in [0.05, 0.1) is 12.7 Å². The first-order chi connectivity index (χ1) is 2.77. The molecule has 1 radical (unpaired) electrons. The van der Waals surface area contributed by atoms with Crippen LogP contribution in [0.5, 0.6) is 0 Å². The fraction of sp³-hybridized carbons (Fsp3) is 1.00. The van der Waals surface area contributed by atoms with E-state index in [0.717, 1.165) is 0 Å². The molecular formula is C4H10AgO2. The third-order valence-corrected chi connectivity index (χ3v) is 0.408. The van der Waals surface area contributed by atoms with Crippen molar-refractivity contribution in [3.05, 3.63) is 0 Å². The molecule has 0 aromatic heterocycles. The molecule has 0 aromatic carbocycles. The average Bonchev–Trinajstić information content (AvgIpc) is 1.35. The molecule has 49 valence electrons. The van der Waals surface area contributed by atoms with Crippen LogP contribution in [0.15, 0.2) is 0 Å². The molecule has 1 atom stereocenters. The topological polar surface area (TPSA) is 29.5 Å². The molecule has 3 heteroatoms. The molecule has 1 N–H and O–H groups in total. The van der Waals surface area contributed by atoms with Crippen LogP contribution in [-0.4, -0.2) is 24.9 Å². The van der Waals surface area contributed by atoms with Crippen LogP contribution in [0.2, 0.25) is 0 Å². The van der Waals surface area contributed by atoms with Crippen LogP contribution in [0.25, 0.3) is 0 Å². The molecule has 0 rings (SSSR count). The summed E-state index contributed by atoms with van der Waals surface area (Å²) in [5.41, 5.74) is 0. The standard InChI is InChI=1S/C4H10O2.Ag/c1-4(5)3-6-2;/h4-5H,3H2,1-2H3;. The molecule has 7 heavy (non-hydrogen) atoms. The van der Waals surface area contributed by atoms with Crippen LogP contribution >= 0.6 is 0 Å². The number of methoxy groups -OCH3 is 1. The Balaban J connectivity index is 0. The Labute approximate surface area is 59.4 Å². The van der Waals surface area contributed by atoms with E-state index in [1.165, 1.54) is 0 Å². The van der Waals surface area contributed by atoms with Crippen molar-refractivity contribution in [3.8, 4) is 0 Å². The summed E-state index contributed by atoms with van der Waals surface area (Å²) >= 11 is 0. The molecule has 0 fully saturated rings. The van der Waals surface area contributed by atoms with Crippen LogP contribution < -0.4 is 0 Å². The quantitative estimate of drug-likeness (QED) is 0.633. The fourth-order valence-corrected chi connectivity index (χ4v) is 0.241. The minimum absolute atomic E-state index is 0. The zero-order chi connectivity index (χ0) is 4.99. The van der Waals surface area contributed by atoms with Gasteiger partial charge in [0.25, 0.3) is 0 Å². The molecule has 0 aliphatic rings. The van der Waals surface area contributed by atoms with Gasteiger partial charge in [0.1, 0.15) is 0 Å². The van der Waals surface area contributed by atoms with E-state index in [1.807, 2.05) is 0 Å². The van der Waals surface area contributed by atoms with Gasteiger partial charge in [-0.1, -0.05) is 0 Å². The van der Waals surface area contributed by atoms with Crippen LogP contribution in [0.3, 0.4) is 0 Å². The molecule has 0 amide bonds. The van der Waals surface area contributed by atoms with Gasteiger partial charge < -0.3 is 9.84 Å². The number of rotatable bonds is 2. The van der Waals surface area contributed by atoms with Gasteiger partial charge in [0.15, 0.2) is 0 Å². The largest absolute Gasteiger partial charge is 0.391 e. The van der Waals surface area contributed by atoms with Crippen molar-refractivity contribution in [1.29, 1.82) is 0 Å². The number of hydrogen-bond acceptors (Lipinski definition) is 2. The minimum atomic E-state index is -0.324. The fourth-order valence-electron chi connectivity index (χ4n) is 0.241. The second kappa shape index (κ2) is 6.66. The summed E-state index contributed by atoms with van der Waals surface area (Å²) in [6.07, 6.45) is -0.324. The summed E-state index contributed by atoms with van der Waals surface area (Å²) in [4.78, 5) is 0. The van der Waals surface area contributed by atoms with Gasteiger partial charge in [-0.2, -0.15) is 0 Å². The van der Waals surface area contributed by atoms with Crippen molar-refractivity contribution >= 4 is 0 Å². The maximum absolute atomic E-state index is 8.43. The van der Waals surface area contributed by atoms with Crippen molar-refractivity contribution in [1.82, 2.24) is 0 Å². The number of aliphatic hydroxyl groups is 1. The number of aliphatic hydroxyl groups excluding tert-OH is 1. The van der Waals surface area contributed by atoms with Crippen molar-refractivity contribution in [2.24, 2.45) is 0 Å². The van der Waals surface area contributed by atoms with Gasteiger partial charge in [0, 0.05) is 29.5 Å². The Kier molecular flexibility index (Phi) is 10.1. The summed E-state index contributed by atoms with van der Waals surface area (Å²) in [7, 11) is 1.56. The van der Waals surface area contributed by atoms with Crippen LogP contribution in [-0.2, 0) is 27.1 Å². The molecule has 0 saturated carbocycles. The van der Waals surface area contributed by atoms with E-state index in [4.69, 9.17) is 5.11 Å². The van der Waals surface area contributed by atoms with Gasteiger partial charge in [-0.25, -0.2) is 0 Å². The van der Waals surface area contributed by atoms with E-state index in [9.17, 15) is 0 Å². The van der Waals surface area contributed by atoms with Crippen LogP contribution in [0.1, 0.15) is 6.92 Å². The predicted molar refractivity (Wildman–Crippen MR) is 23.6 cm³/mol. The molecule has 0 heterocycles. The monoisotopic (exact) mass is 197 g/mol. The summed E-state index contributed by atoms with van der Waals surface area (Å²) in [6.45, 7) is 2.11. The molecule has 0 aliphatic heterocycles. The molecule has 0 bridgehead atoms. The van der Waals surface area contributed by atoms with Crippen molar-refractivity contribution in [2.75, 3.05) is 13.7 Å². The Morgan fingerprint density at radius 1 is 1.71 bits per heavy atom. The Hall–Kier alpha value is 0.660. The third-order valence-electron chi connectivity index (χ3n) is 0.408. The van der Waals surface area contributed by atoms with E-state index in [-0.39, 0.29) is 28.5 Å². The Bertz CT molecular complexity index is 30.9. The smallest absolute Gasteiger partial charge is 0.0745 e. The Morgan fingerprint density at radius 3 is 2.14 bits per heavy atom. The van der Waals surface area contributed by atoms with E-state index in [2.05, 4.69) is 4.74 Å². The van der Waals surface area contributed by atoms with Crippen molar-refractivity contribution < 1.29 is 32.2 Å². The second-order valence-corrected chi connectivity index (χ2v) is 1.30. The van der Waals surface area contributed by atoms with Gasteiger partial charge in [-0.05, 0) is 6.92 Å². The SMILES string of the molecule is COCC(C)O.[Ag]. The minimum Gasteiger partial charge on any atom is -0.391 e. The van der Waals surface area contributed by atoms with E-state index in [1.54, 1.807) is 14.0 Å². The summed E-state index contributed by atoms with van der Waals surface area (Å²) in [5, 5.41) is 8.43. The Morgan fingerprint density at radius 2 is 2.14 bits per heavy atom. The molecule has 2 nitrogen and oxygen atoms in total. The van der Waals surface area contributed by atoms with E-state index < -0.39 is 0 Å². The van der Waals surface area contributed by atoms with Crippen LogP contribution in [0, 0.1) is 0 Å². The maximum atomic E-state index is 8.43. The third kappa shape index (κ3) is 10.8. The summed E-state index contributed by atoms with van der Waals surface area (Å²) < 4.78 is 4.55. The molecular weight excluding hydrogens is 188 g/mol. The van der Waals surface area contributed by atoms with Crippen molar-refractivity contribution in [2.45, 2.75) is 13.0 Å². The van der Waals surface area contributed by atoms with Gasteiger partial charge in [-0.15, -0.1) is 0 Å². The summed E-state index contributed by atoms with van der Waals surface area (Å²) in [6, 6.07) is 0. The van der Waals surface area contributed by atoms with Gasteiger partial charge >= 0.3 is 0 Å². The first-order valence-electron chi connectivity index (χ1n) is 1.94. The number of ether oxygens (including phenoxy) is 1. The van der Waals surface area contributed by atoms with Gasteiger partial charge in [-0.3, -0.25) is 0 Å². The summed E-state index contributed by atoms with van der Waals surface area (Å²) in [5.74, 6) is 0. The predicted octanol–water partition coefficient (Wildman–Crippen LogP) is 0.0111. The van der Waals surface area contributed by atoms with Gasteiger partial charge in [0.2, 0.25) is 0 Å². The molecule has 0 aromatic rings.